The lowest BCUT2D eigenvalue weighted by Crippen LogP contribution is -2.41. The van der Waals surface area contributed by atoms with E-state index < -0.39 is 17.3 Å². The second kappa shape index (κ2) is 6.72. The molecule has 1 rings (SSSR count). The molecule has 6 heteroatoms. The summed E-state index contributed by atoms with van der Waals surface area (Å²) in [6.45, 7) is 4.33. The normalized spacial score (nSPS) is 11.1. The fourth-order valence-corrected chi connectivity index (χ4v) is 1.75. The highest BCUT2D eigenvalue weighted by Gasteiger charge is 2.33. The molecular weight excluding hydrogens is 282 g/mol. The van der Waals surface area contributed by atoms with Crippen molar-refractivity contribution in [1.82, 2.24) is 5.06 Å². The Kier molecular flexibility index (Phi) is 5.53. The number of benzene rings is 1. The van der Waals surface area contributed by atoms with Crippen molar-refractivity contribution in [1.29, 1.82) is 0 Å². The lowest BCUT2D eigenvalue weighted by atomic mass is 9.93. The van der Waals surface area contributed by atoms with Gasteiger partial charge in [0.05, 0.1) is 12.0 Å². The van der Waals surface area contributed by atoms with Gasteiger partial charge in [-0.05, 0) is 25.5 Å². The minimum Gasteiger partial charge on any atom is -0.465 e. The van der Waals surface area contributed by atoms with E-state index in [1.807, 2.05) is 0 Å². The number of carbonyl (C=O) groups excluding carboxylic acids is 2. The Labute approximate surface area is 123 Å². The standard InChI is InChI=1S/C14H18ClNO4/c1-10(17)20-9-14(2,3)13(18)16(19)8-11-6-4-5-7-12(11)15/h4-7,19H,8-9H2,1-3H3. The van der Waals surface area contributed by atoms with E-state index in [1.54, 1.807) is 38.1 Å². The van der Waals surface area contributed by atoms with Crippen LogP contribution in [0.3, 0.4) is 0 Å². The molecule has 0 heterocycles. The maximum atomic E-state index is 12.1. The van der Waals surface area contributed by atoms with E-state index in [0.29, 0.717) is 15.6 Å². The predicted octanol–water partition coefficient (Wildman–Crippen LogP) is 2.65. The summed E-state index contributed by atoms with van der Waals surface area (Å²) in [6, 6.07) is 6.93. The molecule has 0 aliphatic heterocycles. The van der Waals surface area contributed by atoms with Crippen molar-refractivity contribution in [2.45, 2.75) is 27.3 Å². The first-order chi connectivity index (χ1) is 9.24. The second-order valence-corrected chi connectivity index (χ2v) is 5.53. The van der Waals surface area contributed by atoms with Gasteiger partial charge in [0.1, 0.15) is 6.61 Å². The molecule has 20 heavy (non-hydrogen) atoms. The largest absolute Gasteiger partial charge is 0.465 e. The van der Waals surface area contributed by atoms with E-state index in [2.05, 4.69) is 0 Å². The number of carbonyl (C=O) groups is 2. The molecule has 0 aliphatic carbocycles. The molecule has 0 atom stereocenters. The molecule has 0 radical (unpaired) electrons. The zero-order chi connectivity index (χ0) is 15.3. The summed E-state index contributed by atoms with van der Waals surface area (Å²) in [5.41, 5.74) is -0.380. The van der Waals surface area contributed by atoms with Gasteiger partial charge in [0.15, 0.2) is 0 Å². The number of amides is 1. The number of halogens is 1. The van der Waals surface area contributed by atoms with Crippen molar-refractivity contribution in [2.75, 3.05) is 6.61 Å². The number of hydrogen-bond acceptors (Lipinski definition) is 4. The third kappa shape index (κ3) is 4.51. The summed E-state index contributed by atoms with van der Waals surface area (Å²) in [6.07, 6.45) is 0. The summed E-state index contributed by atoms with van der Waals surface area (Å²) >= 11 is 5.97. The van der Waals surface area contributed by atoms with Gasteiger partial charge in [-0.2, -0.15) is 0 Å². The van der Waals surface area contributed by atoms with Crippen LogP contribution in [-0.4, -0.2) is 28.8 Å². The molecule has 1 aromatic carbocycles. The van der Waals surface area contributed by atoms with Crippen molar-refractivity contribution in [3.05, 3.63) is 34.9 Å². The van der Waals surface area contributed by atoms with Crippen molar-refractivity contribution < 1.29 is 19.5 Å². The van der Waals surface area contributed by atoms with E-state index in [4.69, 9.17) is 16.3 Å². The molecule has 0 aliphatic rings. The van der Waals surface area contributed by atoms with Crippen LogP contribution < -0.4 is 0 Å². The Balaban J connectivity index is 2.71. The molecule has 1 amide bonds. The molecule has 0 saturated carbocycles. The van der Waals surface area contributed by atoms with Gasteiger partial charge in [-0.1, -0.05) is 29.8 Å². The van der Waals surface area contributed by atoms with Crippen LogP contribution >= 0.6 is 11.6 Å². The molecular formula is C14H18ClNO4. The molecule has 110 valence electrons. The molecule has 5 nitrogen and oxygen atoms in total. The van der Waals surface area contributed by atoms with Crippen molar-refractivity contribution in [2.24, 2.45) is 5.41 Å². The monoisotopic (exact) mass is 299 g/mol. The van der Waals surface area contributed by atoms with E-state index in [1.165, 1.54) is 6.92 Å². The predicted molar refractivity (Wildman–Crippen MR) is 74.2 cm³/mol. The lowest BCUT2D eigenvalue weighted by molar-refractivity contribution is -0.182. The maximum absolute atomic E-state index is 12.1. The topological polar surface area (TPSA) is 66.8 Å². The first kappa shape index (κ1) is 16.5. The van der Waals surface area contributed by atoms with E-state index in [-0.39, 0.29) is 13.2 Å². The molecule has 0 bridgehead atoms. The van der Waals surface area contributed by atoms with Crippen LogP contribution in [0.4, 0.5) is 0 Å². The fraction of sp³-hybridized carbons (Fsp3) is 0.429. The van der Waals surface area contributed by atoms with Crippen molar-refractivity contribution in [3.63, 3.8) is 0 Å². The zero-order valence-electron chi connectivity index (χ0n) is 11.7. The summed E-state index contributed by atoms with van der Waals surface area (Å²) in [7, 11) is 0. The fourth-order valence-electron chi connectivity index (χ4n) is 1.55. The van der Waals surface area contributed by atoms with E-state index in [0.717, 1.165) is 0 Å². The van der Waals surface area contributed by atoms with Gasteiger partial charge in [-0.25, -0.2) is 5.06 Å². The van der Waals surface area contributed by atoms with E-state index >= 15 is 0 Å². The van der Waals surface area contributed by atoms with Gasteiger partial charge in [0.2, 0.25) is 0 Å². The summed E-state index contributed by atoms with van der Waals surface area (Å²) in [4.78, 5) is 22.9. The highest BCUT2D eigenvalue weighted by atomic mass is 35.5. The molecule has 1 N–H and O–H groups in total. The van der Waals surface area contributed by atoms with Crippen molar-refractivity contribution in [3.8, 4) is 0 Å². The van der Waals surface area contributed by atoms with Crippen LogP contribution in [0.2, 0.25) is 5.02 Å². The number of rotatable bonds is 5. The maximum Gasteiger partial charge on any atom is 0.302 e. The highest BCUT2D eigenvalue weighted by Crippen LogP contribution is 2.22. The van der Waals surface area contributed by atoms with Gasteiger partial charge >= 0.3 is 5.97 Å². The number of hydroxylamine groups is 2. The van der Waals surface area contributed by atoms with Crippen LogP contribution in [-0.2, 0) is 20.9 Å². The minimum absolute atomic E-state index is 0.0258. The molecule has 1 aromatic rings. The smallest absolute Gasteiger partial charge is 0.302 e. The Morgan fingerprint density at radius 3 is 2.50 bits per heavy atom. The average molecular weight is 300 g/mol. The summed E-state index contributed by atoms with van der Waals surface area (Å²) in [5, 5.41) is 10.9. The number of hydrogen-bond donors (Lipinski definition) is 1. The molecule has 0 saturated heterocycles. The second-order valence-electron chi connectivity index (χ2n) is 5.12. The minimum atomic E-state index is -1.01. The molecule has 0 spiro atoms. The number of esters is 1. The Bertz CT molecular complexity index is 502. The van der Waals surface area contributed by atoms with Crippen LogP contribution in [0, 0.1) is 5.41 Å². The van der Waals surface area contributed by atoms with Gasteiger partial charge in [0, 0.05) is 11.9 Å². The zero-order valence-corrected chi connectivity index (χ0v) is 12.5. The molecule has 0 unspecified atom stereocenters. The molecule has 0 fully saturated rings. The van der Waals surface area contributed by atoms with Crippen LogP contribution in [0.15, 0.2) is 24.3 Å². The molecule has 0 aromatic heterocycles. The van der Waals surface area contributed by atoms with Crippen LogP contribution in [0.1, 0.15) is 26.3 Å². The SMILES string of the molecule is CC(=O)OCC(C)(C)C(=O)N(O)Cc1ccccc1Cl. The quantitative estimate of drug-likeness (QED) is 0.515. The Morgan fingerprint density at radius 2 is 1.95 bits per heavy atom. The van der Waals surface area contributed by atoms with Crippen molar-refractivity contribution >= 4 is 23.5 Å². The van der Waals surface area contributed by atoms with E-state index in [9.17, 15) is 14.8 Å². The Hall–Kier alpha value is -1.59. The first-order valence-corrected chi connectivity index (χ1v) is 6.49. The van der Waals surface area contributed by atoms with Gasteiger partial charge in [0.25, 0.3) is 5.91 Å². The number of nitrogens with zero attached hydrogens (tertiary/aromatic N) is 1. The number of ether oxygens (including phenoxy) is 1. The first-order valence-electron chi connectivity index (χ1n) is 6.11. The third-order valence-corrected chi connectivity index (χ3v) is 3.10. The average Bonchev–Trinajstić information content (AvgIpc) is 2.38. The summed E-state index contributed by atoms with van der Waals surface area (Å²) < 4.78 is 4.83. The highest BCUT2D eigenvalue weighted by molar-refractivity contribution is 6.31. The van der Waals surface area contributed by atoms with Gasteiger partial charge in [-0.15, -0.1) is 0 Å². The van der Waals surface area contributed by atoms with Gasteiger partial charge in [-0.3, -0.25) is 14.8 Å². The van der Waals surface area contributed by atoms with Gasteiger partial charge < -0.3 is 4.74 Å². The summed E-state index contributed by atoms with van der Waals surface area (Å²) in [5.74, 6) is -1.01. The van der Waals surface area contributed by atoms with Crippen LogP contribution in [0.5, 0.6) is 0 Å². The Morgan fingerprint density at radius 1 is 1.35 bits per heavy atom. The third-order valence-electron chi connectivity index (χ3n) is 2.73. The lowest BCUT2D eigenvalue weighted by Gasteiger charge is -2.27. The van der Waals surface area contributed by atoms with Crippen LogP contribution in [0.25, 0.3) is 0 Å².